The first-order valence-corrected chi connectivity index (χ1v) is 4.92. The van der Waals surface area contributed by atoms with Gasteiger partial charge in [0.05, 0.1) is 5.60 Å². The van der Waals surface area contributed by atoms with Crippen molar-refractivity contribution < 1.29 is 5.11 Å². The van der Waals surface area contributed by atoms with Crippen molar-refractivity contribution >= 4 is 15.9 Å². The van der Waals surface area contributed by atoms with E-state index in [1.165, 1.54) is 0 Å². The van der Waals surface area contributed by atoms with Crippen LogP contribution >= 0.6 is 15.9 Å². The molecular weight excluding hydrogens is 218 g/mol. The molecule has 0 aliphatic rings. The van der Waals surface area contributed by atoms with Crippen LogP contribution in [0.25, 0.3) is 0 Å². The Morgan fingerprint density at radius 1 is 1.67 bits per heavy atom. The Bertz CT molecular complexity index is 155. The Labute approximate surface area is 83.2 Å². The van der Waals surface area contributed by atoms with E-state index in [4.69, 9.17) is 0 Å². The van der Waals surface area contributed by atoms with Crippen LogP contribution in [0, 0.1) is 5.92 Å². The summed E-state index contributed by atoms with van der Waals surface area (Å²) >= 11 is 3.24. The molecule has 0 spiro atoms. The van der Waals surface area contributed by atoms with Crippen molar-refractivity contribution in [3.63, 3.8) is 0 Å². The van der Waals surface area contributed by atoms with E-state index < -0.39 is 5.60 Å². The van der Waals surface area contributed by atoms with Gasteiger partial charge in [0, 0.05) is 17.6 Å². The van der Waals surface area contributed by atoms with Gasteiger partial charge in [-0.15, -0.1) is 0 Å². The van der Waals surface area contributed by atoms with Crippen LogP contribution < -0.4 is 5.32 Å². The summed E-state index contributed by atoms with van der Waals surface area (Å²) in [5, 5.41) is 12.9. The third kappa shape index (κ3) is 4.91. The largest absolute Gasteiger partial charge is 0.389 e. The van der Waals surface area contributed by atoms with Gasteiger partial charge in [-0.05, 0) is 12.8 Å². The first kappa shape index (κ1) is 12.1. The van der Waals surface area contributed by atoms with Gasteiger partial charge in [0.1, 0.15) is 0 Å². The molecule has 0 radical (unpaired) electrons. The predicted octanol–water partition coefficient (Wildman–Crippen LogP) is 1.89. The van der Waals surface area contributed by atoms with E-state index >= 15 is 0 Å². The van der Waals surface area contributed by atoms with Gasteiger partial charge in [-0.1, -0.05) is 36.4 Å². The van der Waals surface area contributed by atoms with Crippen molar-refractivity contribution in [3.8, 4) is 0 Å². The smallest absolute Gasteiger partial charge is 0.0766 e. The molecule has 1 unspecified atom stereocenters. The van der Waals surface area contributed by atoms with Gasteiger partial charge >= 0.3 is 0 Å². The van der Waals surface area contributed by atoms with E-state index in [1.807, 2.05) is 20.8 Å². The van der Waals surface area contributed by atoms with Gasteiger partial charge in [0.15, 0.2) is 0 Å². The van der Waals surface area contributed by atoms with Crippen molar-refractivity contribution in [2.24, 2.45) is 5.92 Å². The molecule has 0 heterocycles. The second kappa shape index (κ2) is 5.00. The maximum atomic E-state index is 9.80. The Hall–Kier alpha value is 0.140. The fourth-order valence-corrected chi connectivity index (χ4v) is 0.854. The van der Waals surface area contributed by atoms with Crippen molar-refractivity contribution in [2.45, 2.75) is 26.4 Å². The molecule has 2 N–H and O–H groups in total. The number of halogens is 1. The fourth-order valence-electron chi connectivity index (χ4n) is 0.655. The summed E-state index contributed by atoms with van der Waals surface area (Å²) in [6, 6.07) is 0. The zero-order valence-electron chi connectivity index (χ0n) is 8.02. The zero-order chi connectivity index (χ0) is 9.78. The number of nitrogens with one attached hydrogen (secondary N) is 1. The summed E-state index contributed by atoms with van der Waals surface area (Å²) in [5.74, 6) is 0.258. The molecule has 3 heteroatoms. The molecule has 1 atom stereocenters. The highest BCUT2D eigenvalue weighted by atomic mass is 79.9. The summed E-state index contributed by atoms with van der Waals surface area (Å²) in [4.78, 5) is 0. The number of hydrogen-bond acceptors (Lipinski definition) is 2. The second-order valence-corrected chi connectivity index (χ2v) is 4.75. The molecule has 72 valence electrons. The third-order valence-electron chi connectivity index (χ3n) is 2.04. The van der Waals surface area contributed by atoms with E-state index in [-0.39, 0.29) is 5.92 Å². The Balaban J connectivity index is 3.69. The monoisotopic (exact) mass is 235 g/mol. The summed E-state index contributed by atoms with van der Waals surface area (Å²) in [6.07, 6.45) is 0. The molecule has 0 rings (SSSR count). The lowest BCUT2D eigenvalue weighted by atomic mass is 9.93. The van der Waals surface area contributed by atoms with Crippen LogP contribution in [0.2, 0.25) is 0 Å². The normalized spacial score (nSPS) is 16.2. The molecule has 0 aromatic rings. The lowest BCUT2D eigenvalue weighted by molar-refractivity contribution is 0.0151. The van der Waals surface area contributed by atoms with E-state index in [1.54, 1.807) is 0 Å². The minimum atomic E-state index is -0.636. The van der Waals surface area contributed by atoms with Gasteiger partial charge in [-0.25, -0.2) is 0 Å². The average molecular weight is 236 g/mol. The highest BCUT2D eigenvalue weighted by molar-refractivity contribution is 9.11. The zero-order valence-corrected chi connectivity index (χ0v) is 9.61. The minimum absolute atomic E-state index is 0.258. The highest BCUT2D eigenvalue weighted by Gasteiger charge is 2.23. The van der Waals surface area contributed by atoms with E-state index in [9.17, 15) is 5.11 Å². The van der Waals surface area contributed by atoms with Gasteiger partial charge in [-0.2, -0.15) is 0 Å². The Kier molecular flexibility index (Phi) is 5.06. The maximum Gasteiger partial charge on any atom is 0.0766 e. The standard InChI is InChI=1S/C9H18BrNO/c1-7(2)9(4,12)6-11-5-8(3)10/h7,11-12H,3,5-6H2,1-2,4H3. The minimum Gasteiger partial charge on any atom is -0.389 e. The summed E-state index contributed by atoms with van der Waals surface area (Å²) in [5.41, 5.74) is -0.636. The van der Waals surface area contributed by atoms with Crippen LogP contribution in [0.5, 0.6) is 0 Å². The Morgan fingerprint density at radius 2 is 2.17 bits per heavy atom. The third-order valence-corrected chi connectivity index (χ3v) is 2.32. The van der Waals surface area contributed by atoms with Crippen molar-refractivity contribution in [3.05, 3.63) is 11.1 Å². The number of aliphatic hydroxyl groups is 1. The van der Waals surface area contributed by atoms with Gasteiger partial charge in [0.25, 0.3) is 0 Å². The first-order chi connectivity index (χ1) is 5.36. The van der Waals surface area contributed by atoms with Gasteiger partial charge in [0.2, 0.25) is 0 Å². The Morgan fingerprint density at radius 3 is 2.50 bits per heavy atom. The van der Waals surface area contributed by atoms with E-state index in [0.29, 0.717) is 13.1 Å². The van der Waals surface area contributed by atoms with Gasteiger partial charge < -0.3 is 10.4 Å². The lowest BCUT2D eigenvalue weighted by Crippen LogP contribution is -2.42. The molecule has 2 nitrogen and oxygen atoms in total. The summed E-state index contributed by atoms with van der Waals surface area (Å²) < 4.78 is 0.905. The van der Waals surface area contributed by atoms with Crippen LogP contribution in [-0.4, -0.2) is 23.8 Å². The molecule has 0 saturated carbocycles. The number of hydrogen-bond donors (Lipinski definition) is 2. The van der Waals surface area contributed by atoms with Crippen LogP contribution in [0.3, 0.4) is 0 Å². The molecule has 0 saturated heterocycles. The molecule has 0 aliphatic carbocycles. The second-order valence-electron chi connectivity index (χ2n) is 3.63. The van der Waals surface area contributed by atoms with Crippen LogP contribution in [0.4, 0.5) is 0 Å². The van der Waals surface area contributed by atoms with E-state index in [2.05, 4.69) is 27.8 Å². The van der Waals surface area contributed by atoms with Gasteiger partial charge in [-0.3, -0.25) is 0 Å². The lowest BCUT2D eigenvalue weighted by Gasteiger charge is -2.27. The number of rotatable bonds is 5. The highest BCUT2D eigenvalue weighted by Crippen LogP contribution is 2.14. The van der Waals surface area contributed by atoms with Crippen LogP contribution in [0.1, 0.15) is 20.8 Å². The quantitative estimate of drug-likeness (QED) is 0.764. The molecule has 0 bridgehead atoms. The predicted molar refractivity (Wildman–Crippen MR) is 56.4 cm³/mol. The fraction of sp³-hybridized carbons (Fsp3) is 0.778. The average Bonchev–Trinajstić information content (AvgIpc) is 1.85. The molecule has 0 aliphatic heterocycles. The van der Waals surface area contributed by atoms with Crippen LogP contribution in [0.15, 0.2) is 11.1 Å². The molecule has 0 aromatic heterocycles. The summed E-state index contributed by atoms with van der Waals surface area (Å²) in [6.45, 7) is 10.8. The molecule has 0 fully saturated rings. The van der Waals surface area contributed by atoms with Crippen molar-refractivity contribution in [1.29, 1.82) is 0 Å². The maximum absolute atomic E-state index is 9.80. The molecule has 0 amide bonds. The topological polar surface area (TPSA) is 32.3 Å². The van der Waals surface area contributed by atoms with Crippen molar-refractivity contribution in [2.75, 3.05) is 13.1 Å². The first-order valence-electron chi connectivity index (χ1n) is 4.12. The molecule has 0 aromatic carbocycles. The van der Waals surface area contributed by atoms with Crippen LogP contribution in [-0.2, 0) is 0 Å². The summed E-state index contributed by atoms with van der Waals surface area (Å²) in [7, 11) is 0. The molecular formula is C9H18BrNO. The van der Waals surface area contributed by atoms with E-state index in [0.717, 1.165) is 4.48 Å². The SMILES string of the molecule is C=C(Br)CNCC(C)(O)C(C)C. The molecule has 12 heavy (non-hydrogen) atoms. The van der Waals surface area contributed by atoms with Crippen molar-refractivity contribution in [1.82, 2.24) is 5.32 Å².